The van der Waals surface area contributed by atoms with Crippen molar-refractivity contribution in [2.45, 2.75) is 13.3 Å². The first-order valence-corrected chi connectivity index (χ1v) is 7.09. The number of rotatable bonds is 8. The largest absolute Gasteiger partial charge is 0.490 e. The maximum absolute atomic E-state index is 11.6. The molecule has 0 saturated heterocycles. The molecule has 6 heteroatoms. The summed E-state index contributed by atoms with van der Waals surface area (Å²) < 4.78 is 5.51. The molecule has 1 aromatic rings. The molecule has 1 heterocycles. The Morgan fingerprint density at radius 3 is 3.17 bits per heavy atom. The van der Waals surface area contributed by atoms with Crippen molar-refractivity contribution in [3.8, 4) is 5.75 Å². The second kappa shape index (κ2) is 8.77. The summed E-state index contributed by atoms with van der Waals surface area (Å²) in [6, 6.07) is 3.58. The number of nitrogens with one attached hydrogen (secondary N) is 1. The summed E-state index contributed by atoms with van der Waals surface area (Å²) >= 11 is 1.50. The van der Waals surface area contributed by atoms with Crippen molar-refractivity contribution in [1.29, 1.82) is 0 Å². The molecule has 0 unspecified atom stereocenters. The van der Waals surface area contributed by atoms with Crippen LogP contribution in [0, 0.1) is 0 Å². The van der Waals surface area contributed by atoms with E-state index >= 15 is 0 Å². The first-order valence-electron chi connectivity index (χ1n) is 5.93. The summed E-state index contributed by atoms with van der Waals surface area (Å²) in [7, 11) is 0. The molecule has 3 N–H and O–H groups in total. The molecule has 0 aliphatic rings. The second-order valence-corrected chi connectivity index (χ2v) is 4.69. The monoisotopic (exact) mass is 269 g/mol. The van der Waals surface area contributed by atoms with Crippen LogP contribution in [0.2, 0.25) is 0 Å². The van der Waals surface area contributed by atoms with Gasteiger partial charge in [-0.3, -0.25) is 4.79 Å². The lowest BCUT2D eigenvalue weighted by Gasteiger charge is -2.10. The summed E-state index contributed by atoms with van der Waals surface area (Å²) in [5, 5.41) is 2.74. The summed E-state index contributed by atoms with van der Waals surface area (Å²) in [5.41, 5.74) is 5.36. The van der Waals surface area contributed by atoms with E-state index in [-0.39, 0.29) is 5.91 Å². The van der Waals surface area contributed by atoms with E-state index in [9.17, 15) is 4.79 Å². The normalized spacial score (nSPS) is 10.1. The minimum Gasteiger partial charge on any atom is -0.490 e. The summed E-state index contributed by atoms with van der Waals surface area (Å²) in [6.07, 6.45) is 2.54. The van der Waals surface area contributed by atoms with Crippen molar-refractivity contribution in [3.05, 3.63) is 18.3 Å². The minimum atomic E-state index is -0.0894. The zero-order valence-corrected chi connectivity index (χ0v) is 11.3. The number of anilines is 1. The van der Waals surface area contributed by atoms with Gasteiger partial charge < -0.3 is 15.8 Å². The molecule has 0 saturated carbocycles. The third kappa shape index (κ3) is 5.37. The molecular formula is C12H19N3O2S. The van der Waals surface area contributed by atoms with Gasteiger partial charge in [-0.05, 0) is 18.6 Å². The number of hydrogen-bond donors (Lipinski definition) is 2. The number of carbonyl (C=O) groups is 1. The van der Waals surface area contributed by atoms with E-state index in [1.165, 1.54) is 11.8 Å². The molecule has 0 atom stereocenters. The summed E-state index contributed by atoms with van der Waals surface area (Å²) in [4.78, 5) is 15.8. The van der Waals surface area contributed by atoms with Gasteiger partial charge in [-0.15, -0.1) is 0 Å². The quantitative estimate of drug-likeness (QED) is 0.699. The van der Waals surface area contributed by atoms with Crippen LogP contribution in [-0.4, -0.2) is 35.5 Å². The molecular weight excluding hydrogens is 250 g/mol. The Morgan fingerprint density at radius 1 is 1.61 bits per heavy atom. The van der Waals surface area contributed by atoms with Crippen molar-refractivity contribution < 1.29 is 9.53 Å². The molecule has 1 rings (SSSR count). The number of hydrogen-bond acceptors (Lipinski definition) is 5. The molecule has 18 heavy (non-hydrogen) atoms. The number of nitrogens with two attached hydrogens (primary N) is 1. The van der Waals surface area contributed by atoms with Crippen LogP contribution >= 0.6 is 11.8 Å². The van der Waals surface area contributed by atoms with Gasteiger partial charge in [0, 0.05) is 18.5 Å². The van der Waals surface area contributed by atoms with Crippen molar-refractivity contribution in [3.63, 3.8) is 0 Å². The molecule has 0 aliphatic carbocycles. The minimum absolute atomic E-state index is 0.0894. The predicted molar refractivity (Wildman–Crippen MR) is 75.0 cm³/mol. The number of thioether (sulfide) groups is 1. The van der Waals surface area contributed by atoms with Crippen LogP contribution in [0.4, 0.5) is 5.82 Å². The fourth-order valence-corrected chi connectivity index (χ4v) is 1.80. The van der Waals surface area contributed by atoms with Gasteiger partial charge >= 0.3 is 0 Å². The lowest BCUT2D eigenvalue weighted by molar-refractivity contribution is -0.113. The van der Waals surface area contributed by atoms with Crippen LogP contribution in [0.5, 0.6) is 5.75 Å². The molecule has 0 aliphatic heterocycles. The van der Waals surface area contributed by atoms with Crippen molar-refractivity contribution in [2.24, 2.45) is 5.73 Å². The SMILES string of the molecule is CCCOc1cccnc1NC(=O)CSCCN. The van der Waals surface area contributed by atoms with Crippen molar-refractivity contribution in [1.82, 2.24) is 4.98 Å². The lowest BCUT2D eigenvalue weighted by Crippen LogP contribution is -2.17. The highest BCUT2D eigenvalue weighted by molar-refractivity contribution is 7.99. The number of ether oxygens (including phenoxy) is 1. The van der Waals surface area contributed by atoms with Gasteiger partial charge in [-0.2, -0.15) is 11.8 Å². The first kappa shape index (κ1) is 14.8. The topological polar surface area (TPSA) is 77.2 Å². The third-order valence-corrected chi connectivity index (χ3v) is 2.98. The standard InChI is InChI=1S/C12H19N3O2S/c1-2-7-17-10-4-3-6-14-12(10)15-11(16)9-18-8-5-13/h3-4,6H,2,5,7-9,13H2,1H3,(H,14,15,16). The number of nitrogens with zero attached hydrogens (tertiary/aromatic N) is 1. The average molecular weight is 269 g/mol. The van der Waals surface area contributed by atoms with Crippen LogP contribution in [-0.2, 0) is 4.79 Å². The molecule has 0 spiro atoms. The van der Waals surface area contributed by atoms with Crippen LogP contribution < -0.4 is 15.8 Å². The summed E-state index contributed by atoms with van der Waals surface area (Å²) in [5.74, 6) is 2.14. The Morgan fingerprint density at radius 2 is 2.44 bits per heavy atom. The smallest absolute Gasteiger partial charge is 0.235 e. The van der Waals surface area contributed by atoms with Gasteiger partial charge in [0.25, 0.3) is 0 Å². The highest BCUT2D eigenvalue weighted by atomic mass is 32.2. The van der Waals surface area contributed by atoms with E-state index in [1.54, 1.807) is 18.3 Å². The molecule has 0 bridgehead atoms. The highest BCUT2D eigenvalue weighted by Crippen LogP contribution is 2.21. The molecule has 1 aromatic heterocycles. The van der Waals surface area contributed by atoms with Gasteiger partial charge in [0.2, 0.25) is 5.91 Å². The molecule has 0 radical (unpaired) electrons. The maximum atomic E-state index is 11.6. The molecule has 1 amide bonds. The van der Waals surface area contributed by atoms with Gasteiger partial charge in [0.15, 0.2) is 11.6 Å². The molecule has 5 nitrogen and oxygen atoms in total. The number of aromatic nitrogens is 1. The van der Waals surface area contributed by atoms with Crippen LogP contribution in [0.25, 0.3) is 0 Å². The van der Waals surface area contributed by atoms with Crippen LogP contribution in [0.3, 0.4) is 0 Å². The molecule has 0 fully saturated rings. The van der Waals surface area contributed by atoms with E-state index in [0.29, 0.717) is 30.5 Å². The van der Waals surface area contributed by atoms with E-state index in [2.05, 4.69) is 10.3 Å². The second-order valence-electron chi connectivity index (χ2n) is 3.59. The van der Waals surface area contributed by atoms with Crippen molar-refractivity contribution in [2.75, 3.05) is 30.0 Å². The fraction of sp³-hybridized carbons (Fsp3) is 0.500. The van der Waals surface area contributed by atoms with E-state index < -0.39 is 0 Å². The predicted octanol–water partition coefficient (Wildman–Crippen LogP) is 1.50. The van der Waals surface area contributed by atoms with Gasteiger partial charge in [0.1, 0.15) is 0 Å². The Kier molecular flexibility index (Phi) is 7.20. The van der Waals surface area contributed by atoms with Crippen LogP contribution in [0.15, 0.2) is 18.3 Å². The number of pyridine rings is 1. The molecule has 100 valence electrons. The van der Waals surface area contributed by atoms with Gasteiger partial charge in [-0.25, -0.2) is 4.98 Å². The third-order valence-electron chi connectivity index (χ3n) is 1.99. The average Bonchev–Trinajstić information content (AvgIpc) is 2.38. The number of amides is 1. The highest BCUT2D eigenvalue weighted by Gasteiger charge is 2.08. The molecule has 0 aromatic carbocycles. The first-order chi connectivity index (χ1) is 8.77. The number of carbonyl (C=O) groups excluding carboxylic acids is 1. The zero-order valence-electron chi connectivity index (χ0n) is 10.5. The maximum Gasteiger partial charge on any atom is 0.235 e. The fourth-order valence-electron chi connectivity index (χ4n) is 1.23. The van der Waals surface area contributed by atoms with Gasteiger partial charge in [0.05, 0.1) is 12.4 Å². The van der Waals surface area contributed by atoms with E-state index in [1.807, 2.05) is 6.92 Å². The Balaban J connectivity index is 2.51. The van der Waals surface area contributed by atoms with Gasteiger partial charge in [-0.1, -0.05) is 6.92 Å². The lowest BCUT2D eigenvalue weighted by atomic mass is 10.4. The van der Waals surface area contributed by atoms with E-state index in [0.717, 1.165) is 12.2 Å². The Bertz CT molecular complexity index is 374. The zero-order chi connectivity index (χ0) is 13.2. The Labute approximate surface area is 111 Å². The summed E-state index contributed by atoms with van der Waals surface area (Å²) in [6.45, 7) is 3.21. The Hall–Kier alpha value is -1.27. The van der Waals surface area contributed by atoms with E-state index in [4.69, 9.17) is 10.5 Å². The van der Waals surface area contributed by atoms with Crippen molar-refractivity contribution >= 4 is 23.5 Å². The van der Waals surface area contributed by atoms with Crippen LogP contribution in [0.1, 0.15) is 13.3 Å².